The number of hydrogen-bond donors (Lipinski definition) is 1. The zero-order chi connectivity index (χ0) is 21.1. The van der Waals surface area contributed by atoms with Crippen molar-refractivity contribution in [2.45, 2.75) is 44.4 Å². The van der Waals surface area contributed by atoms with E-state index in [1.165, 1.54) is 5.56 Å². The maximum Gasteiger partial charge on any atom is 0.339 e. The molecule has 2 aromatic rings. The van der Waals surface area contributed by atoms with Crippen LogP contribution < -0.4 is 10.1 Å². The number of hydrogen-bond acceptors (Lipinski definition) is 5. The largest absolute Gasteiger partial charge is 0.497 e. The van der Waals surface area contributed by atoms with Gasteiger partial charge in [-0.2, -0.15) is 0 Å². The molecular weight excluding hydrogens is 380 g/mol. The molecule has 0 bridgehead atoms. The molecule has 158 valence electrons. The average molecular weight is 408 g/mol. The van der Waals surface area contributed by atoms with Crippen LogP contribution in [0.5, 0.6) is 5.75 Å². The number of fused-ring (bicyclic) bond motifs is 1. The Morgan fingerprint density at radius 3 is 2.73 bits per heavy atom. The lowest BCUT2D eigenvalue weighted by Crippen LogP contribution is -2.55. The second kappa shape index (κ2) is 8.48. The summed E-state index contributed by atoms with van der Waals surface area (Å²) >= 11 is 0. The normalized spacial score (nSPS) is 22.1. The summed E-state index contributed by atoms with van der Waals surface area (Å²) < 4.78 is 10.9. The Balaban J connectivity index is 1.32. The zero-order valence-electron chi connectivity index (χ0n) is 17.5. The Hall–Kier alpha value is -2.86. The number of cyclic esters (lactones) is 1. The van der Waals surface area contributed by atoms with Gasteiger partial charge in [-0.1, -0.05) is 30.3 Å². The summed E-state index contributed by atoms with van der Waals surface area (Å²) in [6, 6.07) is 15.5. The van der Waals surface area contributed by atoms with Crippen LogP contribution in [0.4, 0.5) is 0 Å². The molecule has 2 heterocycles. The first-order valence-electron chi connectivity index (χ1n) is 10.4. The highest BCUT2D eigenvalue weighted by molar-refractivity contribution is 5.97. The number of likely N-dealkylation sites (tertiary alicyclic amines) is 1. The summed E-state index contributed by atoms with van der Waals surface area (Å²) in [5, 5.41) is 3.12. The zero-order valence-corrected chi connectivity index (χ0v) is 17.5. The van der Waals surface area contributed by atoms with Crippen LogP contribution in [-0.2, 0) is 22.5 Å². The summed E-state index contributed by atoms with van der Waals surface area (Å²) in [7, 11) is 1.68. The van der Waals surface area contributed by atoms with Crippen molar-refractivity contribution in [2.24, 2.45) is 0 Å². The van der Waals surface area contributed by atoms with Crippen molar-refractivity contribution in [3.05, 3.63) is 65.2 Å². The highest BCUT2D eigenvalue weighted by Crippen LogP contribution is 2.29. The summed E-state index contributed by atoms with van der Waals surface area (Å²) in [5.41, 5.74) is 1.47. The molecule has 2 aromatic carbocycles. The van der Waals surface area contributed by atoms with Crippen molar-refractivity contribution < 1.29 is 19.1 Å². The fraction of sp³-hybridized carbons (Fsp3) is 0.417. The lowest BCUT2D eigenvalue weighted by molar-refractivity contribution is -0.140. The maximum absolute atomic E-state index is 13.0. The predicted molar refractivity (Wildman–Crippen MR) is 113 cm³/mol. The Morgan fingerprint density at radius 2 is 1.97 bits per heavy atom. The van der Waals surface area contributed by atoms with E-state index in [1.807, 2.05) is 30.3 Å². The van der Waals surface area contributed by atoms with E-state index in [0.717, 1.165) is 43.8 Å². The standard InChI is InChI=1S/C24H28N2O4/c1-24(15-18-7-3-4-9-21(18)22(27)30-24)23(28)25-19-10-12-26(13-11-19)16-17-6-5-8-20(14-17)29-2/h3-9,14,19H,10-13,15-16H2,1-2H3,(H,25,28). The van der Waals surface area contributed by atoms with E-state index in [4.69, 9.17) is 9.47 Å². The Bertz CT molecular complexity index is 936. The van der Waals surface area contributed by atoms with E-state index in [2.05, 4.69) is 22.3 Å². The van der Waals surface area contributed by atoms with Crippen LogP contribution in [0.2, 0.25) is 0 Å². The van der Waals surface area contributed by atoms with Gasteiger partial charge in [0.15, 0.2) is 5.60 Å². The molecule has 1 unspecified atom stereocenters. The van der Waals surface area contributed by atoms with Gasteiger partial charge in [0.1, 0.15) is 5.75 Å². The summed E-state index contributed by atoms with van der Waals surface area (Å²) in [4.78, 5) is 27.7. The van der Waals surface area contributed by atoms with Gasteiger partial charge in [0.05, 0.1) is 12.7 Å². The molecule has 1 fully saturated rings. The number of methoxy groups -OCH3 is 1. The Kier molecular flexibility index (Phi) is 5.77. The first kappa shape index (κ1) is 20.4. The molecule has 0 aromatic heterocycles. The number of nitrogens with one attached hydrogen (secondary N) is 1. The van der Waals surface area contributed by atoms with Crippen LogP contribution >= 0.6 is 0 Å². The number of ether oxygens (including phenoxy) is 2. The molecule has 0 radical (unpaired) electrons. The topological polar surface area (TPSA) is 67.9 Å². The fourth-order valence-corrected chi connectivity index (χ4v) is 4.26. The molecule has 2 aliphatic heterocycles. The van der Waals surface area contributed by atoms with E-state index in [-0.39, 0.29) is 11.9 Å². The first-order valence-corrected chi connectivity index (χ1v) is 10.4. The highest BCUT2D eigenvalue weighted by Gasteiger charge is 2.43. The van der Waals surface area contributed by atoms with Crippen molar-refractivity contribution in [1.82, 2.24) is 10.2 Å². The quantitative estimate of drug-likeness (QED) is 0.771. The van der Waals surface area contributed by atoms with Gasteiger partial charge in [0.2, 0.25) is 0 Å². The van der Waals surface area contributed by atoms with Crippen molar-refractivity contribution in [2.75, 3.05) is 20.2 Å². The summed E-state index contributed by atoms with van der Waals surface area (Å²) in [6.45, 7) is 4.38. The fourth-order valence-electron chi connectivity index (χ4n) is 4.26. The number of carbonyl (C=O) groups is 2. The van der Waals surface area contributed by atoms with Crippen LogP contribution in [0.15, 0.2) is 48.5 Å². The second-order valence-electron chi connectivity index (χ2n) is 8.33. The molecule has 2 aliphatic rings. The number of benzene rings is 2. The van der Waals surface area contributed by atoms with Crippen LogP contribution in [0.1, 0.15) is 41.3 Å². The Morgan fingerprint density at radius 1 is 1.20 bits per heavy atom. The van der Waals surface area contributed by atoms with E-state index in [9.17, 15) is 9.59 Å². The minimum Gasteiger partial charge on any atom is -0.497 e. The van der Waals surface area contributed by atoms with Crippen LogP contribution in [0, 0.1) is 0 Å². The van der Waals surface area contributed by atoms with Crippen LogP contribution in [-0.4, -0.2) is 48.6 Å². The lowest BCUT2D eigenvalue weighted by Gasteiger charge is -2.37. The number of nitrogens with zero attached hydrogens (tertiary/aromatic N) is 1. The van der Waals surface area contributed by atoms with Gasteiger partial charge in [0.25, 0.3) is 5.91 Å². The molecule has 1 saturated heterocycles. The molecule has 0 aliphatic carbocycles. The number of rotatable bonds is 5. The summed E-state index contributed by atoms with van der Waals surface area (Å²) in [6.07, 6.45) is 2.14. The van der Waals surface area contributed by atoms with Crippen LogP contribution in [0.3, 0.4) is 0 Å². The van der Waals surface area contributed by atoms with E-state index in [1.54, 1.807) is 20.1 Å². The first-order chi connectivity index (χ1) is 14.5. The van der Waals surface area contributed by atoms with Gasteiger partial charge >= 0.3 is 5.97 Å². The molecule has 1 atom stereocenters. The van der Waals surface area contributed by atoms with Crippen molar-refractivity contribution in [3.8, 4) is 5.75 Å². The Labute approximate surface area is 177 Å². The van der Waals surface area contributed by atoms with E-state index in [0.29, 0.717) is 12.0 Å². The predicted octanol–water partition coefficient (Wildman–Crippen LogP) is 2.95. The van der Waals surface area contributed by atoms with Crippen molar-refractivity contribution in [3.63, 3.8) is 0 Å². The molecule has 0 saturated carbocycles. The van der Waals surface area contributed by atoms with Gasteiger partial charge in [-0.25, -0.2) is 4.79 Å². The highest BCUT2D eigenvalue weighted by atomic mass is 16.6. The molecule has 0 spiro atoms. The van der Waals surface area contributed by atoms with Gasteiger partial charge in [-0.05, 0) is 49.1 Å². The smallest absolute Gasteiger partial charge is 0.339 e. The van der Waals surface area contributed by atoms with E-state index >= 15 is 0 Å². The number of esters is 1. The summed E-state index contributed by atoms with van der Waals surface area (Å²) in [5.74, 6) is 0.228. The number of carbonyl (C=O) groups excluding carboxylic acids is 2. The third kappa shape index (κ3) is 4.33. The third-order valence-electron chi connectivity index (χ3n) is 6.03. The molecule has 1 N–H and O–H groups in total. The van der Waals surface area contributed by atoms with Crippen LogP contribution in [0.25, 0.3) is 0 Å². The molecule has 6 nitrogen and oxygen atoms in total. The van der Waals surface area contributed by atoms with Crippen molar-refractivity contribution >= 4 is 11.9 Å². The van der Waals surface area contributed by atoms with E-state index < -0.39 is 11.6 Å². The maximum atomic E-state index is 13.0. The number of piperidine rings is 1. The van der Waals surface area contributed by atoms with Crippen molar-refractivity contribution in [1.29, 1.82) is 0 Å². The second-order valence-corrected chi connectivity index (χ2v) is 8.33. The minimum absolute atomic E-state index is 0.0896. The minimum atomic E-state index is -1.16. The average Bonchev–Trinajstić information content (AvgIpc) is 2.75. The lowest BCUT2D eigenvalue weighted by atomic mass is 9.89. The molecule has 4 rings (SSSR count). The van der Waals surface area contributed by atoms with Gasteiger partial charge < -0.3 is 14.8 Å². The third-order valence-corrected chi connectivity index (χ3v) is 6.03. The van der Waals surface area contributed by atoms with Gasteiger partial charge in [-0.15, -0.1) is 0 Å². The molecule has 30 heavy (non-hydrogen) atoms. The number of amides is 1. The monoisotopic (exact) mass is 408 g/mol. The SMILES string of the molecule is COc1cccc(CN2CCC(NC(=O)C3(C)Cc4ccccc4C(=O)O3)CC2)c1. The molecular formula is C24H28N2O4. The van der Waals surface area contributed by atoms with Gasteiger partial charge in [-0.3, -0.25) is 9.69 Å². The molecule has 1 amide bonds. The van der Waals surface area contributed by atoms with Gasteiger partial charge in [0, 0.05) is 32.1 Å². The molecule has 6 heteroatoms.